The number of carbonyl (C=O) groups is 1. The summed E-state index contributed by atoms with van der Waals surface area (Å²) in [6.45, 7) is 13.8. The fraction of sp³-hybridized carbons (Fsp3) is 0.769. The molecule has 0 aliphatic rings. The molecule has 18 heavy (non-hydrogen) atoms. The first-order chi connectivity index (χ1) is 8.60. The molecular weight excluding hydrogens is 230 g/mol. The van der Waals surface area contributed by atoms with Crippen molar-refractivity contribution in [1.82, 2.24) is 15.1 Å². The van der Waals surface area contributed by atoms with Crippen molar-refractivity contribution in [2.24, 2.45) is 0 Å². The van der Waals surface area contributed by atoms with E-state index in [1.54, 1.807) is 4.90 Å². The zero-order valence-corrected chi connectivity index (χ0v) is 11.7. The third kappa shape index (κ3) is 6.21. The van der Waals surface area contributed by atoms with E-state index in [-0.39, 0.29) is 18.8 Å². The van der Waals surface area contributed by atoms with Crippen LogP contribution < -0.4 is 5.32 Å². The topological polar surface area (TPSA) is 55.8 Å². The van der Waals surface area contributed by atoms with Crippen molar-refractivity contribution in [3.8, 4) is 0 Å². The molecule has 0 aliphatic heterocycles. The van der Waals surface area contributed by atoms with E-state index in [1.807, 2.05) is 11.8 Å². The van der Waals surface area contributed by atoms with Gasteiger partial charge in [-0.15, -0.1) is 0 Å². The average Bonchev–Trinajstić information content (AvgIpc) is 2.35. The number of nitrogens with zero attached hydrogens (tertiary/aromatic N) is 2. The molecule has 0 aromatic heterocycles. The summed E-state index contributed by atoms with van der Waals surface area (Å²) in [6, 6.07) is -0.142. The lowest BCUT2D eigenvalue weighted by Crippen LogP contribution is -2.51. The van der Waals surface area contributed by atoms with Crippen LogP contribution in [0.5, 0.6) is 0 Å². The van der Waals surface area contributed by atoms with Gasteiger partial charge in [-0.05, 0) is 27.2 Å². The highest BCUT2D eigenvalue weighted by Gasteiger charge is 2.17. The van der Waals surface area contributed by atoms with Crippen molar-refractivity contribution in [1.29, 1.82) is 0 Å². The van der Waals surface area contributed by atoms with Crippen LogP contribution in [-0.4, -0.2) is 59.9 Å². The first-order valence-corrected chi connectivity index (χ1v) is 6.59. The van der Waals surface area contributed by atoms with E-state index in [4.69, 9.17) is 5.11 Å². The van der Waals surface area contributed by atoms with Crippen LogP contribution in [0.2, 0.25) is 0 Å². The summed E-state index contributed by atoms with van der Waals surface area (Å²) in [5.74, 6) is 0. The number of carbonyl (C=O) groups excluding carboxylic acids is 1. The Morgan fingerprint density at radius 3 is 2.39 bits per heavy atom. The summed E-state index contributed by atoms with van der Waals surface area (Å²) in [5, 5.41) is 11.9. The molecule has 2 amide bonds. The summed E-state index contributed by atoms with van der Waals surface area (Å²) in [7, 11) is 0. The van der Waals surface area contributed by atoms with Gasteiger partial charge in [-0.1, -0.05) is 13.3 Å². The zero-order valence-electron chi connectivity index (χ0n) is 11.7. The molecule has 0 aromatic rings. The first kappa shape index (κ1) is 17.2. The number of nitrogens with one attached hydrogen (secondary N) is 1. The second-order valence-electron chi connectivity index (χ2n) is 4.23. The SMILES string of the molecule is [CH2]CN(C[CH2])C(C)NC(=O)N(CCO)CCCC. The Kier molecular flexibility index (Phi) is 9.69. The molecule has 1 unspecified atom stereocenters. The molecule has 5 nitrogen and oxygen atoms in total. The van der Waals surface area contributed by atoms with Crippen molar-refractivity contribution in [3.05, 3.63) is 13.8 Å². The van der Waals surface area contributed by atoms with Crippen LogP contribution in [0, 0.1) is 13.8 Å². The van der Waals surface area contributed by atoms with Crippen LogP contribution >= 0.6 is 0 Å². The molecule has 0 aromatic carbocycles. The van der Waals surface area contributed by atoms with E-state index in [9.17, 15) is 4.79 Å². The second-order valence-corrected chi connectivity index (χ2v) is 4.23. The van der Waals surface area contributed by atoms with Gasteiger partial charge in [0.1, 0.15) is 0 Å². The van der Waals surface area contributed by atoms with Gasteiger partial charge in [-0.25, -0.2) is 4.79 Å². The molecule has 2 N–H and O–H groups in total. The van der Waals surface area contributed by atoms with E-state index in [2.05, 4.69) is 26.1 Å². The van der Waals surface area contributed by atoms with Gasteiger partial charge in [0.2, 0.25) is 0 Å². The number of urea groups is 1. The molecule has 2 radical (unpaired) electrons. The molecule has 0 saturated heterocycles. The molecule has 0 bridgehead atoms. The van der Waals surface area contributed by atoms with Gasteiger partial charge in [0.05, 0.1) is 12.8 Å². The normalized spacial score (nSPS) is 12.6. The van der Waals surface area contributed by atoms with Crippen LogP contribution in [0.3, 0.4) is 0 Å². The van der Waals surface area contributed by atoms with Crippen LogP contribution in [-0.2, 0) is 0 Å². The highest BCUT2D eigenvalue weighted by molar-refractivity contribution is 5.74. The molecule has 0 saturated carbocycles. The maximum Gasteiger partial charge on any atom is 0.318 e. The Bertz CT molecular complexity index is 220. The Hall–Kier alpha value is -0.810. The average molecular weight is 257 g/mol. The number of hydrogen-bond donors (Lipinski definition) is 2. The Morgan fingerprint density at radius 1 is 1.33 bits per heavy atom. The van der Waals surface area contributed by atoms with Crippen LogP contribution in [0.15, 0.2) is 0 Å². The summed E-state index contributed by atoms with van der Waals surface area (Å²) >= 11 is 0. The summed E-state index contributed by atoms with van der Waals surface area (Å²) in [4.78, 5) is 15.6. The van der Waals surface area contributed by atoms with Crippen molar-refractivity contribution >= 4 is 6.03 Å². The van der Waals surface area contributed by atoms with Gasteiger partial charge in [-0.2, -0.15) is 0 Å². The number of rotatable bonds is 9. The number of aliphatic hydroxyl groups is 1. The van der Waals surface area contributed by atoms with Crippen molar-refractivity contribution in [2.75, 3.05) is 32.8 Å². The maximum atomic E-state index is 12.0. The third-order valence-electron chi connectivity index (χ3n) is 2.89. The van der Waals surface area contributed by atoms with Crippen molar-refractivity contribution in [2.45, 2.75) is 32.9 Å². The Balaban J connectivity index is 4.30. The molecule has 106 valence electrons. The molecule has 0 fully saturated rings. The minimum absolute atomic E-state index is 0.0140. The highest BCUT2D eigenvalue weighted by atomic mass is 16.3. The van der Waals surface area contributed by atoms with Gasteiger partial charge in [0, 0.05) is 26.2 Å². The molecule has 0 rings (SSSR count). The van der Waals surface area contributed by atoms with Gasteiger partial charge >= 0.3 is 6.03 Å². The summed E-state index contributed by atoms with van der Waals surface area (Å²) in [5.41, 5.74) is 0. The fourth-order valence-electron chi connectivity index (χ4n) is 1.64. The minimum atomic E-state index is -0.142. The first-order valence-electron chi connectivity index (χ1n) is 6.59. The highest BCUT2D eigenvalue weighted by Crippen LogP contribution is 1.99. The monoisotopic (exact) mass is 257 g/mol. The van der Waals surface area contributed by atoms with E-state index in [0.29, 0.717) is 26.2 Å². The van der Waals surface area contributed by atoms with Gasteiger partial charge in [0.25, 0.3) is 0 Å². The Labute approximate surface area is 111 Å². The van der Waals surface area contributed by atoms with Crippen molar-refractivity contribution < 1.29 is 9.90 Å². The standard InChI is InChI=1S/C13H27N3O2/c1-5-8-9-16(10-11-17)13(18)14-12(4)15(6-2)7-3/h12,17H,2-3,5-11H2,1,4H3,(H,14,18). The number of hydrogen-bond acceptors (Lipinski definition) is 3. The van der Waals surface area contributed by atoms with Gasteiger partial charge in [-0.3, -0.25) is 4.90 Å². The van der Waals surface area contributed by atoms with Crippen molar-refractivity contribution in [3.63, 3.8) is 0 Å². The van der Waals surface area contributed by atoms with Gasteiger partial charge in [0.15, 0.2) is 0 Å². The predicted octanol–water partition coefficient (Wildman–Crippen LogP) is 1.11. The zero-order chi connectivity index (χ0) is 14.0. The van der Waals surface area contributed by atoms with E-state index in [0.717, 1.165) is 12.8 Å². The summed E-state index contributed by atoms with van der Waals surface area (Å²) in [6.07, 6.45) is 1.86. The lowest BCUT2D eigenvalue weighted by atomic mass is 10.3. The lowest BCUT2D eigenvalue weighted by Gasteiger charge is -2.30. The second kappa shape index (κ2) is 10.1. The minimum Gasteiger partial charge on any atom is -0.395 e. The molecule has 1 atom stereocenters. The quantitative estimate of drug-likeness (QED) is 0.608. The number of unbranched alkanes of at least 4 members (excludes halogenated alkanes) is 1. The molecule has 0 aliphatic carbocycles. The van der Waals surface area contributed by atoms with Crippen LogP contribution in [0.1, 0.15) is 26.7 Å². The molecule has 0 spiro atoms. The fourth-order valence-corrected chi connectivity index (χ4v) is 1.64. The number of aliphatic hydroxyl groups excluding tert-OH is 1. The molecular formula is C13H27N3O2. The van der Waals surface area contributed by atoms with Gasteiger partial charge < -0.3 is 15.3 Å². The smallest absolute Gasteiger partial charge is 0.318 e. The molecule has 0 heterocycles. The predicted molar refractivity (Wildman–Crippen MR) is 73.8 cm³/mol. The summed E-state index contributed by atoms with van der Waals surface area (Å²) < 4.78 is 0. The van der Waals surface area contributed by atoms with E-state index >= 15 is 0 Å². The Morgan fingerprint density at radius 2 is 1.94 bits per heavy atom. The van der Waals surface area contributed by atoms with E-state index in [1.165, 1.54) is 0 Å². The lowest BCUT2D eigenvalue weighted by molar-refractivity contribution is 0.155. The van der Waals surface area contributed by atoms with E-state index < -0.39 is 0 Å². The van der Waals surface area contributed by atoms with Crippen LogP contribution in [0.4, 0.5) is 4.79 Å². The number of amides is 2. The largest absolute Gasteiger partial charge is 0.395 e. The van der Waals surface area contributed by atoms with Crippen LogP contribution in [0.25, 0.3) is 0 Å². The maximum absolute atomic E-state index is 12.0. The third-order valence-corrected chi connectivity index (χ3v) is 2.89. The molecule has 5 heteroatoms.